The molecule has 1 heterocycles. The number of esters is 1. The van der Waals surface area contributed by atoms with Crippen molar-refractivity contribution >= 4 is 23.6 Å². The van der Waals surface area contributed by atoms with E-state index in [1.54, 1.807) is 23.6 Å². The number of thioether (sulfide) groups is 1. The maximum absolute atomic E-state index is 12.0. The van der Waals surface area contributed by atoms with Gasteiger partial charge in [-0.15, -0.1) is 0 Å². The maximum atomic E-state index is 12.0. The fraction of sp³-hybridized carbons (Fsp3) is 0.833. The second kappa shape index (κ2) is 7.63. The number of carbonyl (C=O) groups is 2. The topological polar surface area (TPSA) is 55.8 Å². The molecule has 0 bridgehead atoms. The molecule has 0 spiro atoms. The molecule has 1 amide bonds. The van der Waals surface area contributed by atoms with Crippen LogP contribution >= 0.6 is 11.8 Å². The van der Waals surface area contributed by atoms with Gasteiger partial charge in [-0.3, -0.25) is 4.79 Å². The zero-order chi connectivity index (χ0) is 13.5. The van der Waals surface area contributed by atoms with E-state index in [0.717, 1.165) is 5.75 Å². The van der Waals surface area contributed by atoms with E-state index in [0.29, 0.717) is 18.9 Å². The molecule has 104 valence electrons. The van der Waals surface area contributed by atoms with Crippen LogP contribution in [0.1, 0.15) is 20.8 Å². The molecule has 1 atom stereocenters. The first kappa shape index (κ1) is 15.3. The molecule has 18 heavy (non-hydrogen) atoms. The van der Waals surface area contributed by atoms with E-state index in [-0.39, 0.29) is 24.6 Å². The lowest BCUT2D eigenvalue weighted by Gasteiger charge is -2.33. The summed E-state index contributed by atoms with van der Waals surface area (Å²) in [4.78, 5) is 25.4. The molecule has 0 saturated carbocycles. The van der Waals surface area contributed by atoms with Crippen molar-refractivity contribution in [1.82, 2.24) is 4.90 Å². The monoisotopic (exact) mass is 275 g/mol. The van der Waals surface area contributed by atoms with Crippen LogP contribution in [0, 0.1) is 0 Å². The maximum Gasteiger partial charge on any atom is 0.329 e. The normalized spacial score (nSPS) is 20.0. The highest BCUT2D eigenvalue weighted by Gasteiger charge is 2.33. The molecule has 1 aliphatic heterocycles. The highest BCUT2D eigenvalue weighted by atomic mass is 32.2. The molecule has 1 saturated heterocycles. The van der Waals surface area contributed by atoms with E-state index in [2.05, 4.69) is 0 Å². The predicted molar refractivity (Wildman–Crippen MR) is 70.5 cm³/mol. The molecule has 1 aliphatic rings. The average Bonchev–Trinajstić information content (AvgIpc) is 2.36. The van der Waals surface area contributed by atoms with Crippen molar-refractivity contribution in [2.45, 2.75) is 32.9 Å². The van der Waals surface area contributed by atoms with Gasteiger partial charge in [-0.25, -0.2) is 4.79 Å². The van der Waals surface area contributed by atoms with Gasteiger partial charge in [0, 0.05) is 18.1 Å². The van der Waals surface area contributed by atoms with Gasteiger partial charge in [-0.05, 0) is 20.8 Å². The molecular formula is C12H21NO4S. The molecule has 6 heteroatoms. The van der Waals surface area contributed by atoms with Gasteiger partial charge in [-0.2, -0.15) is 11.8 Å². The molecule has 0 aromatic carbocycles. The smallest absolute Gasteiger partial charge is 0.329 e. The highest BCUT2D eigenvalue weighted by Crippen LogP contribution is 2.18. The third-order valence-electron chi connectivity index (χ3n) is 2.55. The van der Waals surface area contributed by atoms with Crippen LogP contribution < -0.4 is 0 Å². The van der Waals surface area contributed by atoms with Gasteiger partial charge in [0.1, 0.15) is 12.6 Å². The van der Waals surface area contributed by atoms with Gasteiger partial charge in [0.15, 0.2) is 0 Å². The summed E-state index contributed by atoms with van der Waals surface area (Å²) in [7, 11) is 0. The van der Waals surface area contributed by atoms with Crippen LogP contribution in [0.3, 0.4) is 0 Å². The van der Waals surface area contributed by atoms with Gasteiger partial charge >= 0.3 is 5.97 Å². The molecule has 0 radical (unpaired) electrons. The Labute approximate surface area is 112 Å². The Balaban J connectivity index is 2.58. The van der Waals surface area contributed by atoms with Crippen molar-refractivity contribution in [2.24, 2.45) is 0 Å². The molecule has 5 nitrogen and oxygen atoms in total. The number of carbonyl (C=O) groups excluding carboxylic acids is 2. The summed E-state index contributed by atoms with van der Waals surface area (Å²) in [5, 5.41) is 0. The van der Waals surface area contributed by atoms with Crippen molar-refractivity contribution < 1.29 is 19.1 Å². The second-order valence-electron chi connectivity index (χ2n) is 4.29. The lowest BCUT2D eigenvalue weighted by atomic mass is 10.2. The van der Waals surface area contributed by atoms with E-state index in [1.807, 2.05) is 13.8 Å². The summed E-state index contributed by atoms with van der Waals surface area (Å²) in [6.45, 7) is 6.46. The lowest BCUT2D eigenvalue weighted by molar-refractivity contribution is -0.155. The van der Waals surface area contributed by atoms with Crippen molar-refractivity contribution in [2.75, 3.05) is 31.3 Å². The first-order chi connectivity index (χ1) is 8.56. The van der Waals surface area contributed by atoms with Gasteiger partial charge < -0.3 is 14.4 Å². The summed E-state index contributed by atoms with van der Waals surface area (Å²) in [6.07, 6.45) is 0.00848. The molecule has 1 unspecified atom stereocenters. The Bertz CT molecular complexity index is 296. The minimum absolute atomic E-state index is 0.00848. The number of nitrogens with zero attached hydrogens (tertiary/aromatic N) is 1. The first-order valence-corrected chi connectivity index (χ1v) is 7.37. The van der Waals surface area contributed by atoms with Gasteiger partial charge in [0.05, 0.1) is 12.7 Å². The third-order valence-corrected chi connectivity index (χ3v) is 3.57. The van der Waals surface area contributed by atoms with Gasteiger partial charge in [0.2, 0.25) is 5.91 Å². The Hall–Kier alpha value is -0.750. The largest absolute Gasteiger partial charge is 0.464 e. The molecule has 1 fully saturated rings. The van der Waals surface area contributed by atoms with Crippen LogP contribution in [0.5, 0.6) is 0 Å². The van der Waals surface area contributed by atoms with E-state index in [9.17, 15) is 9.59 Å². The first-order valence-electron chi connectivity index (χ1n) is 6.21. The molecule has 0 aromatic rings. The quantitative estimate of drug-likeness (QED) is 0.698. The lowest BCUT2D eigenvalue weighted by Crippen LogP contribution is -2.52. The summed E-state index contributed by atoms with van der Waals surface area (Å²) >= 11 is 1.67. The van der Waals surface area contributed by atoms with Crippen molar-refractivity contribution in [3.8, 4) is 0 Å². The molecule has 0 aliphatic carbocycles. The molecule has 0 N–H and O–H groups in total. The van der Waals surface area contributed by atoms with Crippen molar-refractivity contribution in [1.29, 1.82) is 0 Å². The second-order valence-corrected chi connectivity index (χ2v) is 5.44. The minimum atomic E-state index is -0.466. The Kier molecular flexibility index (Phi) is 6.49. The summed E-state index contributed by atoms with van der Waals surface area (Å²) in [5.74, 6) is 1.000. The number of hydrogen-bond acceptors (Lipinski definition) is 5. The number of hydrogen-bond donors (Lipinski definition) is 0. The summed E-state index contributed by atoms with van der Waals surface area (Å²) in [6, 6.07) is -0.466. The van der Waals surface area contributed by atoms with Crippen LogP contribution in [-0.4, -0.2) is 60.2 Å². The minimum Gasteiger partial charge on any atom is -0.464 e. The standard InChI is InChI=1S/C12H21NO4S/c1-4-16-12(15)10-8-18-6-5-13(10)11(14)7-17-9(2)3/h9-10H,4-8H2,1-3H3. The third kappa shape index (κ3) is 4.49. The van der Waals surface area contributed by atoms with E-state index in [1.165, 1.54) is 0 Å². The molecule has 1 rings (SSSR count). The highest BCUT2D eigenvalue weighted by molar-refractivity contribution is 7.99. The van der Waals surface area contributed by atoms with Crippen LogP contribution in [0.25, 0.3) is 0 Å². The fourth-order valence-electron chi connectivity index (χ4n) is 1.66. The van der Waals surface area contributed by atoms with Crippen LogP contribution in [0.2, 0.25) is 0 Å². The van der Waals surface area contributed by atoms with Crippen molar-refractivity contribution in [3.63, 3.8) is 0 Å². The SMILES string of the molecule is CCOC(=O)C1CSCCN1C(=O)COC(C)C. The summed E-state index contributed by atoms with van der Waals surface area (Å²) in [5.41, 5.74) is 0. The zero-order valence-electron chi connectivity index (χ0n) is 11.2. The van der Waals surface area contributed by atoms with Gasteiger partial charge in [-0.1, -0.05) is 0 Å². The number of amides is 1. The van der Waals surface area contributed by atoms with E-state index < -0.39 is 6.04 Å². The molecular weight excluding hydrogens is 254 g/mol. The Morgan fingerprint density at radius 3 is 2.78 bits per heavy atom. The number of rotatable bonds is 5. The van der Waals surface area contributed by atoms with Crippen molar-refractivity contribution in [3.05, 3.63) is 0 Å². The summed E-state index contributed by atoms with van der Waals surface area (Å²) < 4.78 is 10.3. The zero-order valence-corrected chi connectivity index (χ0v) is 12.0. The van der Waals surface area contributed by atoms with E-state index in [4.69, 9.17) is 9.47 Å². The predicted octanol–water partition coefficient (Wildman–Crippen LogP) is 0.918. The van der Waals surface area contributed by atoms with Crippen LogP contribution in [0.4, 0.5) is 0 Å². The van der Waals surface area contributed by atoms with E-state index >= 15 is 0 Å². The average molecular weight is 275 g/mol. The fourth-order valence-corrected chi connectivity index (χ4v) is 2.69. The Morgan fingerprint density at radius 2 is 2.17 bits per heavy atom. The van der Waals surface area contributed by atoms with Crippen LogP contribution in [0.15, 0.2) is 0 Å². The van der Waals surface area contributed by atoms with Gasteiger partial charge in [0.25, 0.3) is 0 Å². The van der Waals surface area contributed by atoms with Crippen LogP contribution in [-0.2, 0) is 19.1 Å². The molecule has 0 aromatic heterocycles. The Morgan fingerprint density at radius 1 is 1.44 bits per heavy atom. The number of ether oxygens (including phenoxy) is 2.